The van der Waals surface area contributed by atoms with Crippen molar-refractivity contribution in [3.05, 3.63) is 71.8 Å². The van der Waals surface area contributed by atoms with Gasteiger partial charge in [0.05, 0.1) is 0 Å². The predicted molar refractivity (Wildman–Crippen MR) is 56.9 cm³/mol. The fraction of sp³-hybridized carbons (Fsp3) is 0.0769. The molecule has 1 nitrogen and oxygen atoms in total. The average Bonchev–Trinajstić information content (AvgIpc) is 2.30. The highest BCUT2D eigenvalue weighted by Gasteiger charge is 2.07. The summed E-state index contributed by atoms with van der Waals surface area (Å²) in [6.07, 6.45) is -0.516. The van der Waals surface area contributed by atoms with E-state index in [0.717, 1.165) is 11.1 Å². The molecule has 2 aromatic carbocycles. The van der Waals surface area contributed by atoms with E-state index in [-0.39, 0.29) is 0 Å². The summed E-state index contributed by atoms with van der Waals surface area (Å²) in [6, 6.07) is 19.3. The van der Waals surface area contributed by atoms with Crippen LogP contribution in [0.3, 0.4) is 0 Å². The number of benzene rings is 2. The van der Waals surface area contributed by atoms with Crippen molar-refractivity contribution in [3.8, 4) is 0 Å². The number of hydrogen-bond acceptors (Lipinski definition) is 1. The van der Waals surface area contributed by atoms with Gasteiger partial charge in [-0.25, -0.2) is 0 Å². The third kappa shape index (κ3) is 1.83. The van der Waals surface area contributed by atoms with E-state index in [4.69, 9.17) is 0 Å². The summed E-state index contributed by atoms with van der Waals surface area (Å²) < 4.78 is 0. The Hall–Kier alpha value is -1.60. The van der Waals surface area contributed by atoms with E-state index in [1.807, 2.05) is 60.7 Å². The molecular weight excluding hydrogens is 178 g/mol. The van der Waals surface area contributed by atoms with Crippen LogP contribution in [0, 0.1) is 0 Å². The molecule has 0 saturated carbocycles. The predicted octanol–water partition coefficient (Wildman–Crippen LogP) is 2.77. The fourth-order valence-corrected chi connectivity index (χ4v) is 1.46. The zero-order valence-electron chi connectivity index (χ0n) is 7.80. The fourth-order valence-electron chi connectivity index (χ4n) is 1.46. The minimum atomic E-state index is -0.516. The first-order chi connectivity index (χ1) is 6.88. The molecule has 0 aliphatic heterocycles. The number of hydrogen-bond donors (Lipinski definition) is 1. The van der Waals surface area contributed by atoms with Crippen LogP contribution in [0.2, 0.25) is 0 Å². The molecule has 2 aromatic rings. The maximum atomic E-state index is 9.99. The third-order valence-electron chi connectivity index (χ3n) is 2.23. The van der Waals surface area contributed by atoms with E-state index in [2.05, 4.69) is 0 Å². The molecule has 0 unspecified atom stereocenters. The maximum Gasteiger partial charge on any atom is 0.104 e. The van der Waals surface area contributed by atoms with Crippen molar-refractivity contribution in [2.24, 2.45) is 0 Å². The monoisotopic (exact) mass is 190 g/mol. The summed E-state index contributed by atoms with van der Waals surface area (Å²) >= 11 is 0. The topological polar surface area (TPSA) is 20.2 Å². The lowest BCUT2D eigenvalue weighted by atomic mass is 10.2. The first-order valence-corrected chi connectivity index (χ1v) is 4.66. The van der Waals surface area contributed by atoms with Crippen molar-refractivity contribution in [3.63, 3.8) is 0 Å². The van der Waals surface area contributed by atoms with E-state index in [1.54, 1.807) is 0 Å². The molecule has 1 N–H and O–H groups in total. The Kier molecular flexibility index (Phi) is 2.61. The lowest BCUT2D eigenvalue weighted by Gasteiger charge is -2.10. The van der Waals surface area contributed by atoms with Gasteiger partial charge < -0.3 is 5.11 Å². The Morgan fingerprint density at radius 3 is 1.36 bits per heavy atom. The molecule has 0 aliphatic carbocycles. The Labute approximate surface area is 83.6 Å². The Balaban J connectivity index is 2.30. The van der Waals surface area contributed by atoms with Crippen LogP contribution < -0.4 is 0 Å². The zero-order chi connectivity index (χ0) is 9.80. The van der Waals surface area contributed by atoms with Crippen molar-refractivity contribution < 1.29 is 5.11 Å². The lowest BCUT2D eigenvalue weighted by molar-refractivity contribution is 0.220. The summed E-state index contributed by atoms with van der Waals surface area (Å²) in [5.74, 6) is 0. The quantitative estimate of drug-likeness (QED) is 0.772. The van der Waals surface area contributed by atoms with Gasteiger partial charge >= 0.3 is 0 Å². The number of aliphatic hydroxyl groups excluding tert-OH is 1. The second kappa shape index (κ2) is 4.07. The standard InChI is InChI=1S/C13H12O/c14-13(11-7-3-1-4-8-11)12-9-5-2-6-10-12/h1-10,13-14H/i1+1,3+1,4+1,7+1,8+1,11+1/t13-/m1/s1. The minimum Gasteiger partial charge on any atom is -0.384 e. The number of aliphatic hydroxyl groups is 1. The molecule has 0 fully saturated rings. The highest BCUT2D eigenvalue weighted by molar-refractivity contribution is 5.29. The Morgan fingerprint density at radius 1 is 0.643 bits per heavy atom. The van der Waals surface area contributed by atoms with Gasteiger partial charge in [-0.1, -0.05) is 60.7 Å². The van der Waals surface area contributed by atoms with E-state index in [0.29, 0.717) is 0 Å². The van der Waals surface area contributed by atoms with Crippen LogP contribution in [-0.4, -0.2) is 5.11 Å². The van der Waals surface area contributed by atoms with E-state index < -0.39 is 6.10 Å². The van der Waals surface area contributed by atoms with Crippen molar-refractivity contribution in [2.75, 3.05) is 0 Å². The van der Waals surface area contributed by atoms with Crippen LogP contribution in [0.25, 0.3) is 0 Å². The van der Waals surface area contributed by atoms with Gasteiger partial charge in [-0.05, 0) is 11.1 Å². The normalized spacial score (nSPS) is 12.4. The van der Waals surface area contributed by atoms with Crippen molar-refractivity contribution >= 4 is 0 Å². The molecule has 0 saturated heterocycles. The van der Waals surface area contributed by atoms with Gasteiger partial charge in [0, 0.05) is 0 Å². The molecule has 0 radical (unpaired) electrons. The molecule has 0 aromatic heterocycles. The summed E-state index contributed by atoms with van der Waals surface area (Å²) in [6.45, 7) is 0. The van der Waals surface area contributed by atoms with Crippen LogP contribution in [0.5, 0.6) is 0 Å². The van der Waals surface area contributed by atoms with Gasteiger partial charge in [0.2, 0.25) is 0 Å². The lowest BCUT2D eigenvalue weighted by Crippen LogP contribution is -1.98. The van der Waals surface area contributed by atoms with Crippen LogP contribution in [0.1, 0.15) is 17.2 Å². The molecule has 14 heavy (non-hydrogen) atoms. The van der Waals surface area contributed by atoms with E-state index >= 15 is 0 Å². The minimum absolute atomic E-state index is 0.516. The van der Waals surface area contributed by atoms with Crippen LogP contribution >= 0.6 is 0 Å². The van der Waals surface area contributed by atoms with Gasteiger partial charge in [-0.2, -0.15) is 0 Å². The second-order valence-corrected chi connectivity index (χ2v) is 3.22. The van der Waals surface area contributed by atoms with Crippen LogP contribution in [0.15, 0.2) is 60.7 Å². The first kappa shape index (κ1) is 8.97. The van der Waals surface area contributed by atoms with E-state index in [1.165, 1.54) is 0 Å². The smallest absolute Gasteiger partial charge is 0.104 e. The average molecular weight is 190 g/mol. The molecule has 1 atom stereocenters. The number of rotatable bonds is 2. The SMILES string of the molecule is O[C@@H](c1ccccc1)[13c]1[13cH][13cH][13cH][13cH][13cH]1. The summed E-state index contributed by atoms with van der Waals surface area (Å²) in [7, 11) is 0. The first-order valence-electron chi connectivity index (χ1n) is 4.66. The molecule has 0 heterocycles. The van der Waals surface area contributed by atoms with Gasteiger partial charge in [0.15, 0.2) is 0 Å². The van der Waals surface area contributed by atoms with Gasteiger partial charge in [-0.3, -0.25) is 0 Å². The van der Waals surface area contributed by atoms with Crippen molar-refractivity contribution in [1.82, 2.24) is 0 Å². The van der Waals surface area contributed by atoms with Crippen LogP contribution in [-0.2, 0) is 0 Å². The largest absolute Gasteiger partial charge is 0.384 e. The Bertz CT molecular complexity index is 341. The third-order valence-corrected chi connectivity index (χ3v) is 2.23. The maximum absolute atomic E-state index is 9.99. The molecule has 0 aliphatic rings. The van der Waals surface area contributed by atoms with Gasteiger partial charge in [0.1, 0.15) is 6.10 Å². The molecule has 0 bridgehead atoms. The molecule has 1 heteroatoms. The Morgan fingerprint density at radius 2 is 1.00 bits per heavy atom. The molecule has 70 valence electrons. The van der Waals surface area contributed by atoms with Gasteiger partial charge in [-0.15, -0.1) is 0 Å². The van der Waals surface area contributed by atoms with Gasteiger partial charge in [0.25, 0.3) is 0 Å². The second-order valence-electron chi connectivity index (χ2n) is 3.22. The zero-order valence-corrected chi connectivity index (χ0v) is 7.80. The van der Waals surface area contributed by atoms with Crippen LogP contribution in [0.4, 0.5) is 0 Å². The summed E-state index contributed by atoms with van der Waals surface area (Å²) in [5.41, 5.74) is 1.86. The molecule has 0 amide bonds. The summed E-state index contributed by atoms with van der Waals surface area (Å²) in [4.78, 5) is 0. The van der Waals surface area contributed by atoms with E-state index in [9.17, 15) is 5.11 Å². The molecule has 0 spiro atoms. The highest BCUT2D eigenvalue weighted by atomic mass is 16.3. The summed E-state index contributed by atoms with van der Waals surface area (Å²) in [5, 5.41) is 9.99. The molecule has 2 rings (SSSR count). The van der Waals surface area contributed by atoms with Crippen molar-refractivity contribution in [2.45, 2.75) is 6.10 Å². The molecular formula is C13H12O. The highest BCUT2D eigenvalue weighted by Crippen LogP contribution is 2.20. The van der Waals surface area contributed by atoms with Crippen molar-refractivity contribution in [1.29, 1.82) is 0 Å².